The van der Waals surface area contributed by atoms with Crippen LogP contribution in [0.25, 0.3) is 6.08 Å². The zero-order chi connectivity index (χ0) is 28.1. The molecule has 206 valence electrons. The van der Waals surface area contributed by atoms with Crippen molar-refractivity contribution in [2.75, 3.05) is 13.1 Å². The lowest BCUT2D eigenvalue weighted by molar-refractivity contribution is -0.670. The van der Waals surface area contributed by atoms with E-state index in [-0.39, 0.29) is 6.10 Å². The third-order valence-electron chi connectivity index (χ3n) is 4.45. The highest BCUT2D eigenvalue weighted by Gasteiger charge is 2.50. The Labute approximate surface area is 200 Å². The maximum atomic E-state index is 13.4. The number of nitrogens with one attached hydrogen (secondary N) is 1. The highest BCUT2D eigenvalue weighted by atomic mass is 19.4. The van der Waals surface area contributed by atoms with E-state index in [1.807, 2.05) is 0 Å². The van der Waals surface area contributed by atoms with Gasteiger partial charge in [0.05, 0.1) is 17.2 Å². The lowest BCUT2D eigenvalue weighted by Crippen LogP contribution is -2.46. The molecule has 2 heterocycles. The highest BCUT2D eigenvalue weighted by molar-refractivity contribution is 5.96. The Bertz CT molecular complexity index is 927. The molecule has 0 aliphatic carbocycles. The van der Waals surface area contributed by atoms with Crippen molar-refractivity contribution in [3.05, 3.63) is 34.4 Å². The maximum absolute atomic E-state index is 13.4. The molecule has 1 aromatic rings. The summed E-state index contributed by atoms with van der Waals surface area (Å²) in [6.07, 6.45) is -9.15. The van der Waals surface area contributed by atoms with Crippen molar-refractivity contribution in [1.82, 2.24) is 5.32 Å². The van der Waals surface area contributed by atoms with E-state index in [1.54, 1.807) is 0 Å². The number of nitrogens with two attached hydrogens (primary N) is 1. The third kappa shape index (κ3) is 8.30. The summed E-state index contributed by atoms with van der Waals surface area (Å²) in [5, 5.41) is 74.2. The number of hydrogen-bond donors (Lipinski definition) is 11. The standard InChI is InChI=1S/C15H16F3NO10.C3H7NO.H4NO/c1-5(29-19)27-12(20)8-3-6-2-7(14(21,22)23)4-9(15(24,25)26)10(6)28-11(8)13(16,17)18;5-3-1-4-2-3;1-2/h2-5,11,21-26H,19H2,1H3;3-5H,1-2H2;2H,1H3/q;;+1. The zero-order valence-corrected chi connectivity index (χ0v) is 18.5. The minimum absolute atomic E-state index is 0.0463. The molecule has 0 bridgehead atoms. The van der Waals surface area contributed by atoms with Crippen molar-refractivity contribution in [3.63, 3.8) is 0 Å². The van der Waals surface area contributed by atoms with Gasteiger partial charge >= 0.3 is 24.1 Å². The number of halogens is 3. The molecule has 36 heavy (non-hydrogen) atoms. The predicted octanol–water partition coefficient (Wildman–Crippen LogP) is -4.08. The molecule has 1 fully saturated rings. The number of alkyl halides is 3. The maximum Gasteiger partial charge on any atom is 0.430 e. The summed E-state index contributed by atoms with van der Waals surface area (Å²) >= 11 is 0. The number of β-amino-alcohol motifs (C(OH)–C–C–N with tert-alkyl or cyclic N) is 1. The molecular weight excluding hydrogens is 507 g/mol. The first-order valence-corrected chi connectivity index (χ1v) is 9.70. The molecular formula is C18H27F3N3O12+. The van der Waals surface area contributed by atoms with Crippen molar-refractivity contribution in [1.29, 1.82) is 0 Å². The van der Waals surface area contributed by atoms with Gasteiger partial charge in [0.25, 0.3) is 0 Å². The molecule has 2 unspecified atom stereocenters. The third-order valence-corrected chi connectivity index (χ3v) is 4.45. The average molecular weight is 534 g/mol. The summed E-state index contributed by atoms with van der Waals surface area (Å²) < 4.78 is 49.5. The number of ether oxygens (including phenoxy) is 2. The van der Waals surface area contributed by atoms with Crippen molar-refractivity contribution < 1.29 is 79.1 Å². The van der Waals surface area contributed by atoms with Crippen LogP contribution in [0.4, 0.5) is 13.2 Å². The van der Waals surface area contributed by atoms with Gasteiger partial charge in [-0.2, -0.15) is 13.2 Å². The first kappa shape index (κ1) is 31.6. The highest BCUT2D eigenvalue weighted by Crippen LogP contribution is 2.43. The molecule has 2 atom stereocenters. The van der Waals surface area contributed by atoms with Gasteiger partial charge in [-0.25, -0.2) is 21.8 Å². The van der Waals surface area contributed by atoms with Crippen molar-refractivity contribution in [2.24, 2.45) is 5.90 Å². The summed E-state index contributed by atoms with van der Waals surface area (Å²) in [6.45, 7) is 2.68. The van der Waals surface area contributed by atoms with Crippen LogP contribution in [0, 0.1) is 0 Å². The van der Waals surface area contributed by atoms with Gasteiger partial charge in [-0.15, -0.1) is 0 Å². The molecule has 0 saturated carbocycles. The minimum Gasteiger partial charge on any atom is -0.475 e. The smallest absolute Gasteiger partial charge is 0.430 e. The van der Waals surface area contributed by atoms with Gasteiger partial charge in [-0.05, 0) is 25.1 Å². The average Bonchev–Trinajstić information content (AvgIpc) is 2.75. The van der Waals surface area contributed by atoms with Gasteiger partial charge < -0.3 is 50.5 Å². The summed E-state index contributed by atoms with van der Waals surface area (Å²) in [5.41, 5.74) is -3.78. The van der Waals surface area contributed by atoms with E-state index in [0.717, 1.165) is 20.0 Å². The number of esters is 1. The lowest BCUT2D eigenvalue weighted by atomic mass is 9.95. The molecule has 0 radical (unpaired) electrons. The van der Waals surface area contributed by atoms with E-state index in [1.165, 1.54) is 0 Å². The van der Waals surface area contributed by atoms with Gasteiger partial charge in [0.15, 0.2) is 0 Å². The second kappa shape index (κ2) is 12.2. The van der Waals surface area contributed by atoms with Crippen molar-refractivity contribution in [3.8, 4) is 5.75 Å². The second-order valence-corrected chi connectivity index (χ2v) is 7.27. The normalized spacial score (nSPS) is 18.6. The van der Waals surface area contributed by atoms with E-state index in [0.29, 0.717) is 18.2 Å². The molecule has 3 rings (SSSR count). The summed E-state index contributed by atoms with van der Waals surface area (Å²) in [4.78, 5) is 16.2. The fourth-order valence-corrected chi connectivity index (χ4v) is 2.69. The quantitative estimate of drug-likeness (QED) is 0.0974. The molecule has 0 amide bonds. The first-order chi connectivity index (χ1) is 16.4. The molecule has 1 saturated heterocycles. The molecule has 1 aromatic carbocycles. The molecule has 18 heteroatoms. The number of aliphatic hydroxyl groups is 7. The SMILES string of the molecule is CC(ON)OC(=O)C1=Cc2cc(C(O)(O)O)cc(C(O)(O)O)c2OC1C(F)(F)F.OC1CNC1.[NH3+]O. The van der Waals surface area contributed by atoms with Crippen LogP contribution >= 0.6 is 0 Å². The van der Waals surface area contributed by atoms with Crippen LogP contribution in [0.15, 0.2) is 17.7 Å². The van der Waals surface area contributed by atoms with Gasteiger partial charge in [0, 0.05) is 24.2 Å². The number of hydrogen-bond acceptors (Lipinski definition) is 14. The fraction of sp³-hybridized carbons (Fsp3) is 0.500. The zero-order valence-electron chi connectivity index (χ0n) is 18.5. The summed E-state index contributed by atoms with van der Waals surface area (Å²) in [5.74, 6) is -2.93. The molecule has 0 spiro atoms. The topological polar surface area (TPSA) is 272 Å². The van der Waals surface area contributed by atoms with Crippen LogP contribution in [0.5, 0.6) is 5.75 Å². The van der Waals surface area contributed by atoms with Crippen LogP contribution < -0.4 is 21.8 Å². The van der Waals surface area contributed by atoms with E-state index in [4.69, 9.17) is 16.2 Å². The molecule has 15 nitrogen and oxygen atoms in total. The Morgan fingerprint density at radius 3 is 2.03 bits per heavy atom. The number of aliphatic hydroxyl groups excluding tert-OH is 1. The largest absolute Gasteiger partial charge is 0.475 e. The van der Waals surface area contributed by atoms with Crippen LogP contribution in [-0.2, 0) is 26.3 Å². The second-order valence-electron chi connectivity index (χ2n) is 7.27. The Hall–Kier alpha value is -2.46. The predicted molar refractivity (Wildman–Crippen MR) is 106 cm³/mol. The minimum atomic E-state index is -5.21. The Balaban J connectivity index is 0.000000806. The van der Waals surface area contributed by atoms with Crippen LogP contribution in [-0.4, -0.2) is 84.7 Å². The summed E-state index contributed by atoms with van der Waals surface area (Å²) in [7, 11) is 0. The molecule has 2 aliphatic heterocycles. The van der Waals surface area contributed by atoms with Crippen LogP contribution in [0.1, 0.15) is 23.6 Å². The van der Waals surface area contributed by atoms with E-state index >= 15 is 0 Å². The summed E-state index contributed by atoms with van der Waals surface area (Å²) in [6, 6.07) is 1.03. The fourth-order valence-electron chi connectivity index (χ4n) is 2.69. The van der Waals surface area contributed by atoms with Crippen molar-refractivity contribution in [2.45, 2.75) is 43.5 Å². The monoisotopic (exact) mass is 534 g/mol. The van der Waals surface area contributed by atoms with E-state index < -0.39 is 64.5 Å². The van der Waals surface area contributed by atoms with Crippen LogP contribution in [0.3, 0.4) is 0 Å². The number of benzene rings is 1. The van der Waals surface area contributed by atoms with Gasteiger partial charge in [0.2, 0.25) is 12.4 Å². The number of rotatable bonds is 5. The van der Waals surface area contributed by atoms with Crippen molar-refractivity contribution >= 4 is 12.0 Å². The van der Waals surface area contributed by atoms with E-state index in [2.05, 4.69) is 25.5 Å². The Morgan fingerprint density at radius 1 is 1.14 bits per heavy atom. The number of carbonyl (C=O) groups excluding carboxylic acids is 1. The Kier molecular flexibility index (Phi) is 10.7. The van der Waals surface area contributed by atoms with Gasteiger partial charge in [-0.3, -0.25) is 4.84 Å². The van der Waals surface area contributed by atoms with E-state index in [9.17, 15) is 48.6 Å². The molecule has 0 aromatic heterocycles. The first-order valence-electron chi connectivity index (χ1n) is 9.70. The number of fused-ring (bicyclic) bond motifs is 1. The Morgan fingerprint density at radius 2 is 1.67 bits per heavy atom. The van der Waals surface area contributed by atoms with Gasteiger partial charge in [0.1, 0.15) is 5.75 Å². The number of quaternary nitrogens is 1. The van der Waals surface area contributed by atoms with Crippen LogP contribution in [0.2, 0.25) is 0 Å². The van der Waals surface area contributed by atoms with Gasteiger partial charge in [-0.1, -0.05) is 0 Å². The molecule has 14 N–H and O–H groups in total. The molecule has 2 aliphatic rings. The lowest BCUT2D eigenvalue weighted by Gasteiger charge is -2.31. The number of carbonyl (C=O) groups is 1.